The molecule has 0 N–H and O–H groups in total. The number of esters is 1. The van der Waals surface area contributed by atoms with Gasteiger partial charge in [0.15, 0.2) is 5.69 Å². The zero-order chi connectivity index (χ0) is 15.4. The number of rotatable bonds is 5. The fraction of sp³-hybridized carbons (Fsp3) is 0.533. The van der Waals surface area contributed by atoms with Crippen molar-refractivity contribution >= 4 is 17.3 Å². The predicted molar refractivity (Wildman–Crippen MR) is 81.9 cm³/mol. The van der Waals surface area contributed by atoms with Gasteiger partial charge in [0.25, 0.3) is 0 Å². The minimum absolute atomic E-state index is 0.0892. The molecule has 1 aliphatic carbocycles. The minimum Gasteiger partial charge on any atom is -0.457 e. The molecule has 3 rings (SSSR count). The Balaban J connectivity index is 1.57. The normalized spacial score (nSPS) is 21.7. The third-order valence-electron chi connectivity index (χ3n) is 3.83. The van der Waals surface area contributed by atoms with E-state index in [1.54, 1.807) is 29.3 Å². The van der Waals surface area contributed by atoms with Crippen molar-refractivity contribution in [3.8, 4) is 0 Å². The van der Waals surface area contributed by atoms with E-state index in [-0.39, 0.29) is 17.9 Å². The Hall–Kier alpha value is -1.73. The van der Waals surface area contributed by atoms with Crippen molar-refractivity contribution in [3.05, 3.63) is 34.3 Å². The monoisotopic (exact) mass is 321 g/mol. The van der Waals surface area contributed by atoms with Crippen LogP contribution in [-0.4, -0.2) is 40.3 Å². The molecule has 0 amide bonds. The van der Waals surface area contributed by atoms with Crippen molar-refractivity contribution in [3.63, 3.8) is 0 Å². The molecule has 0 aromatic carbocycles. The van der Waals surface area contributed by atoms with Crippen LogP contribution in [0.3, 0.4) is 0 Å². The molecule has 0 bridgehead atoms. The molecule has 118 valence electrons. The first kappa shape index (κ1) is 15.2. The van der Waals surface area contributed by atoms with E-state index in [0.29, 0.717) is 6.54 Å². The number of aromatic nitrogens is 3. The van der Waals surface area contributed by atoms with Crippen LogP contribution in [0, 0.1) is 0 Å². The van der Waals surface area contributed by atoms with Crippen LogP contribution in [0.25, 0.3) is 0 Å². The first-order chi connectivity index (χ1) is 10.7. The summed E-state index contributed by atoms with van der Waals surface area (Å²) in [4.78, 5) is 13.3. The van der Waals surface area contributed by atoms with Crippen LogP contribution in [0.15, 0.2) is 23.7 Å². The van der Waals surface area contributed by atoms with Gasteiger partial charge in [0.1, 0.15) is 6.10 Å². The number of hydrogen-bond acceptors (Lipinski definition) is 6. The summed E-state index contributed by atoms with van der Waals surface area (Å²) in [5, 5.41) is 9.91. The van der Waals surface area contributed by atoms with E-state index in [4.69, 9.17) is 9.47 Å². The zero-order valence-electron chi connectivity index (χ0n) is 12.5. The van der Waals surface area contributed by atoms with Crippen LogP contribution < -0.4 is 0 Å². The van der Waals surface area contributed by atoms with Gasteiger partial charge in [-0.2, -0.15) is 0 Å². The summed E-state index contributed by atoms with van der Waals surface area (Å²) < 4.78 is 12.5. The maximum Gasteiger partial charge on any atom is 0.360 e. The number of thiophene rings is 1. The average Bonchev–Trinajstić information content (AvgIpc) is 3.20. The molecule has 1 fully saturated rings. The smallest absolute Gasteiger partial charge is 0.360 e. The molecule has 1 saturated carbocycles. The molecule has 0 aliphatic heterocycles. The van der Waals surface area contributed by atoms with Crippen LogP contribution >= 0.6 is 11.3 Å². The lowest BCUT2D eigenvalue weighted by Crippen LogP contribution is -2.29. The van der Waals surface area contributed by atoms with Gasteiger partial charge in [-0.3, -0.25) is 0 Å². The molecule has 6 nitrogen and oxygen atoms in total. The van der Waals surface area contributed by atoms with Gasteiger partial charge in [0.2, 0.25) is 0 Å². The molecule has 2 aromatic heterocycles. The number of nitrogens with zero attached hydrogens (tertiary/aromatic N) is 3. The van der Waals surface area contributed by atoms with Gasteiger partial charge in [-0.25, -0.2) is 9.48 Å². The van der Waals surface area contributed by atoms with Gasteiger partial charge in [-0.15, -0.1) is 16.4 Å². The summed E-state index contributed by atoms with van der Waals surface area (Å²) in [6, 6.07) is 4.01. The molecule has 0 unspecified atom stereocenters. The van der Waals surface area contributed by atoms with Crippen molar-refractivity contribution in [1.29, 1.82) is 0 Å². The molecule has 2 heterocycles. The maximum absolute atomic E-state index is 12.1. The highest BCUT2D eigenvalue weighted by atomic mass is 32.1. The van der Waals surface area contributed by atoms with Gasteiger partial charge in [-0.1, -0.05) is 11.3 Å². The molecule has 2 aromatic rings. The topological polar surface area (TPSA) is 66.2 Å². The Morgan fingerprint density at radius 2 is 2.32 bits per heavy atom. The number of hydrogen-bond donors (Lipinski definition) is 0. The Kier molecular flexibility index (Phi) is 4.84. The lowest BCUT2D eigenvalue weighted by molar-refractivity contribution is -0.0153. The summed E-state index contributed by atoms with van der Waals surface area (Å²) in [6.45, 7) is 0.618. The molecule has 0 saturated heterocycles. The fourth-order valence-corrected chi connectivity index (χ4v) is 3.36. The highest BCUT2D eigenvalue weighted by Gasteiger charge is 2.26. The van der Waals surface area contributed by atoms with Crippen LogP contribution in [0.2, 0.25) is 0 Å². The largest absolute Gasteiger partial charge is 0.457 e. The lowest BCUT2D eigenvalue weighted by atomic mass is 9.95. The molecule has 22 heavy (non-hydrogen) atoms. The third kappa shape index (κ3) is 3.72. The fourth-order valence-electron chi connectivity index (χ4n) is 2.67. The molecule has 0 radical (unpaired) electrons. The Bertz CT molecular complexity index is 611. The summed E-state index contributed by atoms with van der Waals surface area (Å²) in [5.41, 5.74) is 0.260. The standard InChI is InChI=1S/C15H19N3O3S/c1-20-11-4-2-5-12(8-11)21-15(19)14-10-18(17-16-14)9-13-6-3-7-22-13/h3,6-7,10-12H,2,4-5,8-9H2,1H3/t11-,12-/m0/s1. The van der Waals surface area contributed by atoms with E-state index in [1.807, 2.05) is 17.5 Å². The molecule has 7 heteroatoms. The second-order valence-electron chi connectivity index (χ2n) is 5.43. The van der Waals surface area contributed by atoms with E-state index >= 15 is 0 Å². The second kappa shape index (κ2) is 7.02. The van der Waals surface area contributed by atoms with E-state index in [2.05, 4.69) is 10.3 Å². The minimum atomic E-state index is -0.404. The summed E-state index contributed by atoms with van der Waals surface area (Å²) in [6.07, 6.45) is 5.41. The van der Waals surface area contributed by atoms with Crippen molar-refractivity contribution in [2.45, 2.75) is 44.4 Å². The molecule has 0 spiro atoms. The SMILES string of the molecule is CO[C@H]1CCC[C@H](OC(=O)c2cn(Cc3cccs3)nn2)C1. The summed E-state index contributed by atoms with van der Waals surface area (Å²) in [5.74, 6) is -0.404. The van der Waals surface area contributed by atoms with E-state index in [0.717, 1.165) is 25.7 Å². The number of carbonyl (C=O) groups excluding carboxylic acids is 1. The highest BCUT2D eigenvalue weighted by molar-refractivity contribution is 7.09. The van der Waals surface area contributed by atoms with E-state index < -0.39 is 5.97 Å². The average molecular weight is 321 g/mol. The lowest BCUT2D eigenvalue weighted by Gasteiger charge is -2.27. The molecule has 1 aliphatic rings. The van der Waals surface area contributed by atoms with Gasteiger partial charge >= 0.3 is 5.97 Å². The van der Waals surface area contributed by atoms with Crippen LogP contribution in [0.4, 0.5) is 0 Å². The summed E-state index contributed by atoms with van der Waals surface area (Å²) in [7, 11) is 1.70. The number of ether oxygens (including phenoxy) is 2. The van der Waals surface area contributed by atoms with Crippen LogP contribution in [0.5, 0.6) is 0 Å². The van der Waals surface area contributed by atoms with Crippen molar-refractivity contribution in [2.24, 2.45) is 0 Å². The van der Waals surface area contributed by atoms with Crippen molar-refractivity contribution in [1.82, 2.24) is 15.0 Å². The van der Waals surface area contributed by atoms with E-state index in [9.17, 15) is 4.79 Å². The number of carbonyl (C=O) groups is 1. The van der Waals surface area contributed by atoms with Crippen molar-refractivity contribution < 1.29 is 14.3 Å². The first-order valence-corrected chi connectivity index (χ1v) is 8.29. The molecular weight excluding hydrogens is 302 g/mol. The Morgan fingerprint density at radius 3 is 3.09 bits per heavy atom. The number of methoxy groups -OCH3 is 1. The summed E-state index contributed by atoms with van der Waals surface area (Å²) >= 11 is 1.65. The Labute approximate surface area is 133 Å². The second-order valence-corrected chi connectivity index (χ2v) is 6.46. The van der Waals surface area contributed by atoms with Gasteiger partial charge in [0.05, 0.1) is 18.8 Å². The molecule has 2 atom stereocenters. The first-order valence-electron chi connectivity index (χ1n) is 7.41. The van der Waals surface area contributed by atoms with Crippen LogP contribution in [0.1, 0.15) is 41.0 Å². The van der Waals surface area contributed by atoms with Gasteiger partial charge in [0, 0.05) is 18.4 Å². The predicted octanol–water partition coefficient (Wildman–Crippen LogP) is 2.50. The van der Waals surface area contributed by atoms with Crippen LogP contribution in [-0.2, 0) is 16.0 Å². The van der Waals surface area contributed by atoms with Crippen molar-refractivity contribution in [2.75, 3.05) is 7.11 Å². The van der Waals surface area contributed by atoms with E-state index in [1.165, 1.54) is 4.88 Å². The van der Waals surface area contributed by atoms with Gasteiger partial charge in [-0.05, 0) is 30.7 Å². The quantitative estimate of drug-likeness (QED) is 0.792. The Morgan fingerprint density at radius 1 is 1.45 bits per heavy atom. The van der Waals surface area contributed by atoms with Gasteiger partial charge < -0.3 is 9.47 Å². The maximum atomic E-state index is 12.1. The third-order valence-corrected chi connectivity index (χ3v) is 4.69. The zero-order valence-corrected chi connectivity index (χ0v) is 13.3. The highest BCUT2D eigenvalue weighted by Crippen LogP contribution is 2.23. The molecular formula is C15H19N3O3S.